The Bertz CT molecular complexity index is 796. The van der Waals surface area contributed by atoms with Crippen molar-refractivity contribution >= 4 is 5.82 Å². The van der Waals surface area contributed by atoms with Crippen molar-refractivity contribution in [3.05, 3.63) is 56.5 Å². The highest BCUT2D eigenvalue weighted by atomic mass is 16.2. The summed E-state index contributed by atoms with van der Waals surface area (Å²) in [6.07, 6.45) is 4.42. The summed E-state index contributed by atoms with van der Waals surface area (Å²) >= 11 is 0. The minimum absolute atomic E-state index is 0.312. The first-order chi connectivity index (χ1) is 11.1. The van der Waals surface area contributed by atoms with E-state index in [-0.39, 0.29) is 5.56 Å². The summed E-state index contributed by atoms with van der Waals surface area (Å²) in [4.78, 5) is 33.1. The van der Waals surface area contributed by atoms with Crippen molar-refractivity contribution in [3.8, 4) is 0 Å². The zero-order valence-electron chi connectivity index (χ0n) is 13.4. The second-order valence-electron chi connectivity index (χ2n) is 5.87. The Balaban J connectivity index is 2.00. The number of pyridine rings is 1. The Kier molecular flexibility index (Phi) is 4.29. The van der Waals surface area contributed by atoms with Gasteiger partial charge in [-0.1, -0.05) is 13.0 Å². The monoisotopic (exact) mass is 315 g/mol. The summed E-state index contributed by atoms with van der Waals surface area (Å²) < 4.78 is 1.57. The van der Waals surface area contributed by atoms with Crippen molar-refractivity contribution in [2.75, 3.05) is 12.0 Å². The average molecular weight is 315 g/mol. The van der Waals surface area contributed by atoms with Gasteiger partial charge in [0.05, 0.1) is 18.8 Å². The molecule has 0 amide bonds. The molecule has 1 aliphatic heterocycles. The van der Waals surface area contributed by atoms with E-state index < -0.39 is 5.69 Å². The quantitative estimate of drug-likeness (QED) is 0.878. The fraction of sp³-hybridized carbons (Fsp3) is 0.438. The van der Waals surface area contributed by atoms with Gasteiger partial charge in [0.1, 0.15) is 5.82 Å². The van der Waals surface area contributed by atoms with Gasteiger partial charge in [0.15, 0.2) is 0 Å². The van der Waals surface area contributed by atoms with Crippen molar-refractivity contribution in [1.82, 2.24) is 19.4 Å². The van der Waals surface area contributed by atoms with Crippen LogP contribution in [-0.4, -0.2) is 32.1 Å². The van der Waals surface area contributed by atoms with E-state index in [9.17, 15) is 9.59 Å². The first-order valence-corrected chi connectivity index (χ1v) is 7.83. The molecule has 0 radical (unpaired) electrons. The molecular weight excluding hydrogens is 294 g/mol. The van der Waals surface area contributed by atoms with E-state index in [1.165, 1.54) is 0 Å². The molecule has 1 atom stereocenters. The second-order valence-corrected chi connectivity index (χ2v) is 5.87. The first kappa shape index (κ1) is 15.5. The van der Waals surface area contributed by atoms with Gasteiger partial charge in [-0.25, -0.2) is 4.79 Å². The third-order valence-electron chi connectivity index (χ3n) is 4.38. The van der Waals surface area contributed by atoms with Gasteiger partial charge < -0.3 is 5.32 Å². The molecule has 23 heavy (non-hydrogen) atoms. The zero-order chi connectivity index (χ0) is 16.4. The number of fused-ring (bicyclic) bond motifs is 1. The van der Waals surface area contributed by atoms with Gasteiger partial charge in [-0.3, -0.25) is 24.2 Å². The Morgan fingerprint density at radius 1 is 1.39 bits per heavy atom. The summed E-state index contributed by atoms with van der Waals surface area (Å²) in [6, 6.07) is 4.11. The van der Waals surface area contributed by atoms with Crippen molar-refractivity contribution in [1.29, 1.82) is 0 Å². The van der Waals surface area contributed by atoms with Crippen LogP contribution in [0.1, 0.15) is 31.4 Å². The maximum absolute atomic E-state index is 12.2. The maximum atomic E-state index is 12.2. The van der Waals surface area contributed by atoms with Crippen molar-refractivity contribution in [3.63, 3.8) is 0 Å². The molecular formula is C16H21N5O2. The normalized spacial score (nSPS) is 15.7. The van der Waals surface area contributed by atoms with E-state index in [0.717, 1.165) is 12.0 Å². The fourth-order valence-electron chi connectivity index (χ4n) is 2.79. The molecule has 0 saturated carbocycles. The molecule has 1 aliphatic rings. The Hall–Kier alpha value is -2.41. The molecule has 3 rings (SSSR count). The minimum atomic E-state index is -0.401. The lowest BCUT2D eigenvalue weighted by molar-refractivity contribution is 0.200. The molecule has 0 bridgehead atoms. The maximum Gasteiger partial charge on any atom is 0.330 e. The minimum Gasteiger partial charge on any atom is -0.358 e. The summed E-state index contributed by atoms with van der Waals surface area (Å²) in [5.74, 6) is 0.613. The highest BCUT2D eigenvalue weighted by Crippen LogP contribution is 2.20. The standard InChI is InChI=1S/C16H21N5O2/c1-3-11(2)20-9-13-14(18-10-20)21(16(23)19-15(13)22)8-12-5-4-6-17-7-12/h4-7,11,18H,3,8-10H2,1-2H3,(H,19,22,23)/t11-/m0/s1. The van der Waals surface area contributed by atoms with Crippen LogP contribution in [0, 0.1) is 0 Å². The van der Waals surface area contributed by atoms with Gasteiger partial charge in [-0.15, -0.1) is 0 Å². The number of aromatic amines is 1. The largest absolute Gasteiger partial charge is 0.358 e. The van der Waals surface area contributed by atoms with Crippen LogP contribution in [0.15, 0.2) is 34.1 Å². The predicted molar refractivity (Wildman–Crippen MR) is 88.4 cm³/mol. The highest BCUT2D eigenvalue weighted by Gasteiger charge is 2.24. The first-order valence-electron chi connectivity index (χ1n) is 7.83. The van der Waals surface area contributed by atoms with E-state index in [4.69, 9.17) is 0 Å². The number of rotatable bonds is 4. The molecule has 7 heteroatoms. The van der Waals surface area contributed by atoms with Gasteiger partial charge in [-0.05, 0) is 25.0 Å². The topological polar surface area (TPSA) is 83.0 Å². The van der Waals surface area contributed by atoms with E-state index in [0.29, 0.717) is 37.2 Å². The van der Waals surface area contributed by atoms with Gasteiger partial charge in [0, 0.05) is 25.0 Å². The molecule has 0 aromatic carbocycles. The smallest absolute Gasteiger partial charge is 0.330 e. The highest BCUT2D eigenvalue weighted by molar-refractivity contribution is 5.46. The molecule has 0 fully saturated rings. The summed E-state index contributed by atoms with van der Waals surface area (Å²) in [5.41, 5.74) is 0.810. The van der Waals surface area contributed by atoms with Crippen LogP contribution in [0.5, 0.6) is 0 Å². The van der Waals surface area contributed by atoms with Crippen LogP contribution >= 0.6 is 0 Å². The molecule has 2 N–H and O–H groups in total. The summed E-state index contributed by atoms with van der Waals surface area (Å²) in [7, 11) is 0. The lowest BCUT2D eigenvalue weighted by Crippen LogP contribution is -2.46. The predicted octanol–water partition coefficient (Wildman–Crippen LogP) is 0.963. The van der Waals surface area contributed by atoms with E-state index in [1.807, 2.05) is 12.1 Å². The number of hydrogen-bond acceptors (Lipinski definition) is 5. The number of nitrogens with one attached hydrogen (secondary N) is 2. The number of H-pyrrole nitrogens is 1. The van der Waals surface area contributed by atoms with Crippen LogP contribution in [0.2, 0.25) is 0 Å². The summed E-state index contributed by atoms with van der Waals surface area (Å²) in [6.45, 7) is 5.79. The van der Waals surface area contributed by atoms with Crippen molar-refractivity contribution in [2.45, 2.75) is 39.4 Å². The van der Waals surface area contributed by atoms with E-state index in [2.05, 4.69) is 34.0 Å². The molecule has 0 spiro atoms. The molecule has 0 unspecified atom stereocenters. The lowest BCUT2D eigenvalue weighted by atomic mass is 10.1. The number of nitrogens with zero attached hydrogens (tertiary/aromatic N) is 3. The lowest BCUT2D eigenvalue weighted by Gasteiger charge is -2.34. The number of anilines is 1. The molecule has 7 nitrogen and oxygen atoms in total. The van der Waals surface area contributed by atoms with Crippen LogP contribution in [-0.2, 0) is 13.1 Å². The Morgan fingerprint density at radius 2 is 2.22 bits per heavy atom. The van der Waals surface area contributed by atoms with E-state index >= 15 is 0 Å². The molecule has 2 aromatic rings. The molecule has 3 heterocycles. The van der Waals surface area contributed by atoms with Crippen molar-refractivity contribution < 1.29 is 0 Å². The van der Waals surface area contributed by atoms with Gasteiger partial charge >= 0.3 is 5.69 Å². The molecule has 122 valence electrons. The Morgan fingerprint density at radius 3 is 2.91 bits per heavy atom. The van der Waals surface area contributed by atoms with Crippen LogP contribution in [0.3, 0.4) is 0 Å². The van der Waals surface area contributed by atoms with Gasteiger partial charge in [0.25, 0.3) is 5.56 Å². The van der Waals surface area contributed by atoms with Crippen LogP contribution in [0.4, 0.5) is 5.82 Å². The Labute approximate surface area is 134 Å². The van der Waals surface area contributed by atoms with Gasteiger partial charge in [-0.2, -0.15) is 0 Å². The zero-order valence-corrected chi connectivity index (χ0v) is 13.4. The number of aromatic nitrogens is 3. The van der Waals surface area contributed by atoms with Crippen molar-refractivity contribution in [2.24, 2.45) is 0 Å². The third-order valence-corrected chi connectivity index (χ3v) is 4.38. The SMILES string of the molecule is CC[C@H](C)N1CNc2c(c(=O)[nH]c(=O)n2Cc2cccnc2)C1. The second kappa shape index (κ2) is 6.37. The molecule has 0 saturated heterocycles. The average Bonchev–Trinajstić information content (AvgIpc) is 2.58. The molecule has 0 aliphatic carbocycles. The fourth-order valence-corrected chi connectivity index (χ4v) is 2.79. The van der Waals surface area contributed by atoms with Gasteiger partial charge in [0.2, 0.25) is 0 Å². The van der Waals surface area contributed by atoms with E-state index in [1.54, 1.807) is 17.0 Å². The number of hydrogen-bond donors (Lipinski definition) is 2. The van der Waals surface area contributed by atoms with Crippen LogP contribution in [0.25, 0.3) is 0 Å². The molecule has 2 aromatic heterocycles. The van der Waals surface area contributed by atoms with Crippen LogP contribution < -0.4 is 16.6 Å². The third kappa shape index (κ3) is 3.05. The summed E-state index contributed by atoms with van der Waals surface area (Å²) in [5, 5.41) is 3.25.